The van der Waals surface area contributed by atoms with Gasteiger partial charge in [-0.3, -0.25) is 9.69 Å². The monoisotopic (exact) mass is 379 g/mol. The van der Waals surface area contributed by atoms with Crippen molar-refractivity contribution in [1.29, 1.82) is 0 Å². The molecule has 7 heteroatoms. The fourth-order valence-electron chi connectivity index (χ4n) is 2.68. The first kappa shape index (κ1) is 19.2. The third-order valence-electron chi connectivity index (χ3n) is 4.16. The van der Waals surface area contributed by atoms with Crippen LogP contribution in [0.5, 0.6) is 17.2 Å². The minimum absolute atomic E-state index is 0.269. The van der Waals surface area contributed by atoms with E-state index in [9.17, 15) is 4.79 Å². The summed E-state index contributed by atoms with van der Waals surface area (Å²) in [6.07, 6.45) is 3.23. The minimum Gasteiger partial charge on any atom is -0.497 e. The van der Waals surface area contributed by atoms with Gasteiger partial charge < -0.3 is 14.2 Å². The highest BCUT2D eigenvalue weighted by Crippen LogP contribution is 2.30. The molecule has 1 amide bonds. The van der Waals surface area contributed by atoms with Gasteiger partial charge in [-0.1, -0.05) is 0 Å². The van der Waals surface area contributed by atoms with Gasteiger partial charge in [-0.05, 0) is 43.3 Å². The Kier molecular flexibility index (Phi) is 5.74. The van der Waals surface area contributed by atoms with Crippen LogP contribution in [0.2, 0.25) is 0 Å². The summed E-state index contributed by atoms with van der Waals surface area (Å²) in [4.78, 5) is 23.4. The van der Waals surface area contributed by atoms with E-state index in [-0.39, 0.29) is 5.91 Å². The molecular weight excluding hydrogens is 358 g/mol. The van der Waals surface area contributed by atoms with Crippen molar-refractivity contribution < 1.29 is 19.0 Å². The van der Waals surface area contributed by atoms with Crippen LogP contribution in [0, 0.1) is 6.92 Å². The number of carbonyl (C=O) groups excluding carboxylic acids is 1. The van der Waals surface area contributed by atoms with E-state index in [1.54, 1.807) is 68.9 Å². The summed E-state index contributed by atoms with van der Waals surface area (Å²) < 4.78 is 15.8. The van der Waals surface area contributed by atoms with Crippen molar-refractivity contribution in [2.45, 2.75) is 6.92 Å². The zero-order valence-corrected chi connectivity index (χ0v) is 16.2. The van der Waals surface area contributed by atoms with E-state index in [1.165, 1.54) is 19.1 Å². The first-order valence-corrected chi connectivity index (χ1v) is 8.56. The van der Waals surface area contributed by atoms with Gasteiger partial charge in [0.25, 0.3) is 5.91 Å². The van der Waals surface area contributed by atoms with E-state index >= 15 is 0 Å². The van der Waals surface area contributed by atoms with E-state index in [4.69, 9.17) is 14.2 Å². The minimum atomic E-state index is -0.269. The molecule has 0 fully saturated rings. The maximum atomic E-state index is 13.4. The smallest absolute Gasteiger partial charge is 0.263 e. The zero-order chi connectivity index (χ0) is 20.1. The standard InChI is InChI=1S/C21H21N3O4/c1-14-22-12-17(13-23-14)24(16-5-7-18(26-2)8-6-16)21(25)15-9-19(27-3)11-20(10-15)28-4/h5-13H,1-4H3. The Bertz CT molecular complexity index is 934. The molecule has 0 aliphatic rings. The van der Waals surface area contributed by atoms with Crippen molar-refractivity contribution in [3.63, 3.8) is 0 Å². The van der Waals surface area contributed by atoms with Crippen molar-refractivity contribution in [3.05, 3.63) is 66.2 Å². The topological polar surface area (TPSA) is 73.8 Å². The largest absolute Gasteiger partial charge is 0.497 e. The summed E-state index contributed by atoms with van der Waals surface area (Å²) >= 11 is 0. The number of ether oxygens (including phenoxy) is 3. The number of aryl methyl sites for hydroxylation is 1. The predicted octanol–water partition coefficient (Wildman–Crippen LogP) is 3.79. The molecule has 3 aromatic rings. The molecule has 0 aliphatic heterocycles. The average molecular weight is 379 g/mol. The van der Waals surface area contributed by atoms with Crippen LogP contribution in [0.4, 0.5) is 11.4 Å². The lowest BCUT2D eigenvalue weighted by molar-refractivity contribution is 0.0998. The normalized spacial score (nSPS) is 10.3. The van der Waals surface area contributed by atoms with Crippen LogP contribution in [0.15, 0.2) is 54.9 Å². The number of rotatable bonds is 6. The first-order valence-electron chi connectivity index (χ1n) is 8.56. The second-order valence-corrected chi connectivity index (χ2v) is 5.93. The zero-order valence-electron chi connectivity index (χ0n) is 16.2. The molecule has 144 valence electrons. The van der Waals surface area contributed by atoms with Crippen LogP contribution in [-0.2, 0) is 0 Å². The lowest BCUT2D eigenvalue weighted by Crippen LogP contribution is -2.26. The fraction of sp³-hybridized carbons (Fsp3) is 0.190. The van der Waals surface area contributed by atoms with Crippen LogP contribution < -0.4 is 19.1 Å². The number of hydrogen-bond acceptors (Lipinski definition) is 6. The summed E-state index contributed by atoms with van der Waals surface area (Å²) in [7, 11) is 4.67. The van der Waals surface area contributed by atoms with Crippen molar-refractivity contribution in [2.75, 3.05) is 26.2 Å². The van der Waals surface area contributed by atoms with Crippen molar-refractivity contribution in [1.82, 2.24) is 9.97 Å². The number of anilines is 2. The lowest BCUT2D eigenvalue weighted by atomic mass is 10.1. The highest BCUT2D eigenvalue weighted by molar-refractivity contribution is 6.11. The molecule has 0 spiro atoms. The molecule has 0 N–H and O–H groups in total. The Morgan fingerprint density at radius 2 is 1.32 bits per heavy atom. The van der Waals surface area contributed by atoms with Gasteiger partial charge in [0.15, 0.2) is 0 Å². The second-order valence-electron chi connectivity index (χ2n) is 5.93. The quantitative estimate of drug-likeness (QED) is 0.649. The molecule has 0 unspecified atom stereocenters. The predicted molar refractivity (Wildman–Crippen MR) is 106 cm³/mol. The van der Waals surface area contributed by atoms with Gasteiger partial charge in [0, 0.05) is 17.3 Å². The highest BCUT2D eigenvalue weighted by atomic mass is 16.5. The van der Waals surface area contributed by atoms with Crippen LogP contribution in [0.25, 0.3) is 0 Å². The Labute approximate surface area is 163 Å². The summed E-state index contributed by atoms with van der Waals surface area (Å²) in [5, 5.41) is 0. The van der Waals surface area contributed by atoms with Crippen LogP contribution in [-0.4, -0.2) is 37.2 Å². The van der Waals surface area contributed by atoms with Crippen LogP contribution >= 0.6 is 0 Å². The molecule has 0 atom stereocenters. The van der Waals surface area contributed by atoms with Crippen LogP contribution in [0.3, 0.4) is 0 Å². The van der Waals surface area contributed by atoms with Gasteiger partial charge in [0.2, 0.25) is 0 Å². The maximum Gasteiger partial charge on any atom is 0.263 e. The van der Waals surface area contributed by atoms with Gasteiger partial charge in [-0.15, -0.1) is 0 Å². The average Bonchev–Trinajstić information content (AvgIpc) is 2.75. The van der Waals surface area contributed by atoms with E-state index in [0.29, 0.717) is 40.0 Å². The number of nitrogens with zero attached hydrogens (tertiary/aromatic N) is 3. The molecule has 1 heterocycles. The summed E-state index contributed by atoms with van der Waals surface area (Å²) in [6, 6.07) is 12.2. The number of amides is 1. The Morgan fingerprint density at radius 1 is 0.786 bits per heavy atom. The van der Waals surface area contributed by atoms with Crippen molar-refractivity contribution >= 4 is 17.3 Å². The van der Waals surface area contributed by atoms with Gasteiger partial charge in [-0.2, -0.15) is 0 Å². The second kappa shape index (κ2) is 8.39. The Balaban J connectivity index is 2.10. The molecule has 1 aromatic heterocycles. The fourth-order valence-corrected chi connectivity index (χ4v) is 2.68. The van der Waals surface area contributed by atoms with Gasteiger partial charge in [0.1, 0.15) is 23.1 Å². The third-order valence-corrected chi connectivity index (χ3v) is 4.16. The SMILES string of the molecule is COc1ccc(N(C(=O)c2cc(OC)cc(OC)c2)c2cnc(C)nc2)cc1. The lowest BCUT2D eigenvalue weighted by Gasteiger charge is -2.23. The van der Waals surface area contributed by atoms with Crippen LogP contribution in [0.1, 0.15) is 16.2 Å². The first-order chi connectivity index (χ1) is 13.5. The van der Waals surface area contributed by atoms with Gasteiger partial charge >= 0.3 is 0 Å². The maximum absolute atomic E-state index is 13.4. The van der Waals surface area contributed by atoms with Gasteiger partial charge in [0.05, 0.1) is 39.4 Å². The molecular formula is C21H21N3O4. The third kappa shape index (κ3) is 4.03. The molecule has 0 bridgehead atoms. The molecule has 3 rings (SSSR count). The Morgan fingerprint density at radius 3 is 1.82 bits per heavy atom. The number of aromatic nitrogens is 2. The summed E-state index contributed by atoms with van der Waals surface area (Å²) in [5.41, 5.74) is 1.61. The number of benzene rings is 2. The van der Waals surface area contributed by atoms with Gasteiger partial charge in [-0.25, -0.2) is 9.97 Å². The molecule has 7 nitrogen and oxygen atoms in total. The van der Waals surface area contributed by atoms with E-state index < -0.39 is 0 Å². The summed E-state index contributed by atoms with van der Waals surface area (Å²) in [6.45, 7) is 1.79. The Hall–Kier alpha value is -3.61. The number of methoxy groups -OCH3 is 3. The summed E-state index contributed by atoms with van der Waals surface area (Å²) in [5.74, 6) is 2.10. The van der Waals surface area contributed by atoms with E-state index in [0.717, 1.165) is 0 Å². The molecule has 28 heavy (non-hydrogen) atoms. The van der Waals surface area contributed by atoms with E-state index in [1.807, 2.05) is 0 Å². The molecule has 0 radical (unpaired) electrons. The molecule has 0 saturated heterocycles. The number of hydrogen-bond donors (Lipinski definition) is 0. The molecule has 0 aliphatic carbocycles. The highest BCUT2D eigenvalue weighted by Gasteiger charge is 2.22. The molecule has 0 saturated carbocycles. The molecule has 2 aromatic carbocycles. The van der Waals surface area contributed by atoms with E-state index in [2.05, 4.69) is 9.97 Å². The number of carbonyl (C=O) groups is 1. The van der Waals surface area contributed by atoms with Crippen molar-refractivity contribution in [3.8, 4) is 17.2 Å². The van der Waals surface area contributed by atoms with Crippen molar-refractivity contribution in [2.24, 2.45) is 0 Å².